The Morgan fingerprint density at radius 3 is 2.43 bits per heavy atom. The van der Waals surface area contributed by atoms with E-state index in [2.05, 4.69) is 0 Å². The Hall–Kier alpha value is -1.65. The Labute approximate surface area is 143 Å². The molecule has 0 atom stereocenters. The first-order valence-corrected chi connectivity index (χ1v) is 8.92. The molecular weight excluding hydrogens is 332 g/mol. The summed E-state index contributed by atoms with van der Waals surface area (Å²) in [6.07, 6.45) is 3.91. The summed E-state index contributed by atoms with van der Waals surface area (Å²) in [7, 11) is 0. The standard InChI is InChI=1S/C18H17ClO3S/c19-15-12(16(20)14-8-5-11-23-14)6-4-7-13(15)18(17(21)22)9-2-1-3-10-18/h4-8,11H,1-3,9-10H2,(H,21,22). The molecule has 0 amide bonds. The van der Waals surface area contributed by atoms with Crippen LogP contribution >= 0.6 is 22.9 Å². The van der Waals surface area contributed by atoms with E-state index in [-0.39, 0.29) is 10.8 Å². The first kappa shape index (κ1) is 16.2. The minimum atomic E-state index is -0.971. The SMILES string of the molecule is O=C(c1cccs1)c1cccc(C2(C(=O)O)CCCCC2)c1Cl. The second kappa shape index (κ2) is 6.46. The molecule has 0 spiro atoms. The molecule has 1 heterocycles. The van der Waals surface area contributed by atoms with Crippen molar-refractivity contribution in [2.24, 2.45) is 0 Å². The Kier molecular flexibility index (Phi) is 4.55. The molecular formula is C18H17ClO3S. The minimum absolute atomic E-state index is 0.150. The molecule has 1 saturated carbocycles. The van der Waals surface area contributed by atoms with Crippen molar-refractivity contribution in [3.63, 3.8) is 0 Å². The lowest BCUT2D eigenvalue weighted by Gasteiger charge is -2.34. The number of carbonyl (C=O) groups is 2. The molecule has 1 aromatic carbocycles. The molecule has 3 rings (SSSR count). The lowest BCUT2D eigenvalue weighted by molar-refractivity contribution is -0.145. The summed E-state index contributed by atoms with van der Waals surface area (Å²) in [6, 6.07) is 8.74. The van der Waals surface area contributed by atoms with Gasteiger partial charge >= 0.3 is 5.97 Å². The van der Waals surface area contributed by atoms with E-state index in [0.717, 1.165) is 19.3 Å². The molecule has 0 radical (unpaired) electrons. The minimum Gasteiger partial charge on any atom is -0.481 e. The maximum absolute atomic E-state index is 12.6. The van der Waals surface area contributed by atoms with Gasteiger partial charge in [-0.25, -0.2) is 0 Å². The number of carboxylic acid groups (broad SMARTS) is 1. The van der Waals surface area contributed by atoms with Gasteiger partial charge in [-0.2, -0.15) is 0 Å². The highest BCUT2D eigenvalue weighted by Crippen LogP contribution is 2.43. The van der Waals surface area contributed by atoms with Crippen LogP contribution in [-0.4, -0.2) is 16.9 Å². The van der Waals surface area contributed by atoms with E-state index in [4.69, 9.17) is 11.6 Å². The summed E-state index contributed by atoms with van der Waals surface area (Å²) < 4.78 is 0. The van der Waals surface area contributed by atoms with Crippen LogP contribution < -0.4 is 0 Å². The largest absolute Gasteiger partial charge is 0.481 e. The first-order valence-electron chi connectivity index (χ1n) is 7.67. The highest BCUT2D eigenvalue weighted by Gasteiger charge is 2.43. The van der Waals surface area contributed by atoms with Gasteiger partial charge < -0.3 is 5.11 Å². The van der Waals surface area contributed by atoms with E-state index in [0.29, 0.717) is 28.8 Å². The van der Waals surface area contributed by atoms with Gasteiger partial charge in [0.15, 0.2) is 0 Å². The highest BCUT2D eigenvalue weighted by molar-refractivity contribution is 7.12. The monoisotopic (exact) mass is 348 g/mol. The van der Waals surface area contributed by atoms with Crippen LogP contribution in [0.4, 0.5) is 0 Å². The number of rotatable bonds is 4. The number of aliphatic carboxylic acids is 1. The molecule has 1 N–H and O–H groups in total. The molecule has 120 valence electrons. The summed E-state index contributed by atoms with van der Waals surface area (Å²) in [4.78, 5) is 25.2. The number of thiophene rings is 1. The van der Waals surface area contributed by atoms with E-state index >= 15 is 0 Å². The van der Waals surface area contributed by atoms with Crippen molar-refractivity contribution in [1.82, 2.24) is 0 Å². The fraction of sp³-hybridized carbons (Fsp3) is 0.333. The van der Waals surface area contributed by atoms with E-state index in [9.17, 15) is 14.7 Å². The first-order chi connectivity index (χ1) is 11.1. The van der Waals surface area contributed by atoms with Crippen LogP contribution in [0.5, 0.6) is 0 Å². The summed E-state index contributed by atoms with van der Waals surface area (Å²) in [5, 5.41) is 12.0. The van der Waals surface area contributed by atoms with Crippen molar-refractivity contribution in [2.45, 2.75) is 37.5 Å². The van der Waals surface area contributed by atoms with Crippen molar-refractivity contribution in [1.29, 1.82) is 0 Å². The van der Waals surface area contributed by atoms with Crippen molar-refractivity contribution >= 4 is 34.7 Å². The zero-order chi connectivity index (χ0) is 16.4. The molecule has 1 aromatic heterocycles. The van der Waals surface area contributed by atoms with E-state index in [1.807, 2.05) is 11.4 Å². The second-order valence-corrected chi connectivity index (χ2v) is 7.25. The normalized spacial score (nSPS) is 16.9. The zero-order valence-corrected chi connectivity index (χ0v) is 14.1. The quantitative estimate of drug-likeness (QED) is 0.798. The van der Waals surface area contributed by atoms with Crippen LogP contribution in [0.3, 0.4) is 0 Å². The average Bonchev–Trinajstić information content (AvgIpc) is 3.09. The van der Waals surface area contributed by atoms with Crippen LogP contribution in [0.2, 0.25) is 5.02 Å². The van der Waals surface area contributed by atoms with Gasteiger partial charge in [-0.15, -0.1) is 11.3 Å². The fourth-order valence-electron chi connectivity index (χ4n) is 3.37. The smallest absolute Gasteiger partial charge is 0.314 e. The van der Waals surface area contributed by atoms with Crippen molar-refractivity contribution in [3.05, 3.63) is 56.7 Å². The van der Waals surface area contributed by atoms with Gasteiger partial charge in [0, 0.05) is 5.56 Å². The molecule has 2 aromatic rings. The Morgan fingerprint density at radius 2 is 1.83 bits per heavy atom. The fourth-order valence-corrected chi connectivity index (χ4v) is 4.44. The van der Waals surface area contributed by atoms with Gasteiger partial charge in [0.25, 0.3) is 0 Å². The van der Waals surface area contributed by atoms with E-state index in [1.54, 1.807) is 24.3 Å². The van der Waals surface area contributed by atoms with Crippen LogP contribution in [-0.2, 0) is 10.2 Å². The van der Waals surface area contributed by atoms with Gasteiger partial charge in [0.2, 0.25) is 5.78 Å². The van der Waals surface area contributed by atoms with Crippen molar-refractivity contribution in [2.75, 3.05) is 0 Å². The van der Waals surface area contributed by atoms with Crippen LogP contribution in [0.15, 0.2) is 35.7 Å². The highest BCUT2D eigenvalue weighted by atomic mass is 35.5. The van der Waals surface area contributed by atoms with Gasteiger partial charge in [0.05, 0.1) is 15.3 Å². The van der Waals surface area contributed by atoms with Gasteiger partial charge in [-0.1, -0.05) is 49.1 Å². The molecule has 0 aliphatic heterocycles. The van der Waals surface area contributed by atoms with Crippen molar-refractivity contribution < 1.29 is 14.7 Å². The van der Waals surface area contributed by atoms with Gasteiger partial charge in [-0.3, -0.25) is 9.59 Å². The third kappa shape index (κ3) is 2.81. The Bertz CT molecular complexity index is 731. The predicted octanol–water partition coefficient (Wildman–Crippen LogP) is 4.92. The van der Waals surface area contributed by atoms with Crippen LogP contribution in [0, 0.1) is 0 Å². The lowest BCUT2D eigenvalue weighted by Crippen LogP contribution is -2.38. The summed E-state index contributed by atoms with van der Waals surface area (Å²) >= 11 is 7.86. The Balaban J connectivity index is 2.09. The van der Waals surface area contributed by atoms with Crippen molar-refractivity contribution in [3.8, 4) is 0 Å². The third-order valence-electron chi connectivity index (χ3n) is 4.62. The van der Waals surface area contributed by atoms with Crippen LogP contribution in [0.25, 0.3) is 0 Å². The molecule has 1 aliphatic carbocycles. The predicted molar refractivity (Wildman–Crippen MR) is 91.6 cm³/mol. The number of carboxylic acids is 1. The molecule has 1 aliphatic rings. The maximum atomic E-state index is 12.6. The number of hydrogen-bond donors (Lipinski definition) is 1. The summed E-state index contributed by atoms with van der Waals surface area (Å²) in [6.45, 7) is 0. The number of carbonyl (C=O) groups excluding carboxylic acids is 1. The zero-order valence-electron chi connectivity index (χ0n) is 12.5. The Morgan fingerprint density at radius 1 is 1.09 bits per heavy atom. The summed E-state index contributed by atoms with van der Waals surface area (Å²) in [5.74, 6) is -0.997. The molecule has 1 fully saturated rings. The topological polar surface area (TPSA) is 54.4 Å². The molecule has 0 bridgehead atoms. The lowest BCUT2D eigenvalue weighted by atomic mass is 9.69. The molecule has 5 heteroatoms. The van der Waals surface area contributed by atoms with Crippen LogP contribution in [0.1, 0.15) is 52.9 Å². The number of halogens is 1. The summed E-state index contributed by atoms with van der Waals surface area (Å²) in [5.41, 5.74) is -0.00672. The maximum Gasteiger partial charge on any atom is 0.314 e. The molecule has 0 unspecified atom stereocenters. The number of ketones is 1. The molecule has 3 nitrogen and oxygen atoms in total. The van der Waals surface area contributed by atoms with Gasteiger partial charge in [0.1, 0.15) is 0 Å². The average molecular weight is 349 g/mol. The second-order valence-electron chi connectivity index (χ2n) is 5.92. The third-order valence-corrected chi connectivity index (χ3v) is 5.90. The molecule has 0 saturated heterocycles. The van der Waals surface area contributed by atoms with E-state index in [1.165, 1.54) is 11.3 Å². The molecule has 23 heavy (non-hydrogen) atoms. The number of benzene rings is 1. The number of hydrogen-bond acceptors (Lipinski definition) is 3. The van der Waals surface area contributed by atoms with E-state index < -0.39 is 11.4 Å². The van der Waals surface area contributed by atoms with Gasteiger partial charge in [-0.05, 0) is 35.9 Å².